The van der Waals surface area contributed by atoms with E-state index >= 15 is 0 Å². The van der Waals surface area contributed by atoms with Crippen LogP contribution in [-0.2, 0) is 9.59 Å². The average molecular weight is 275 g/mol. The predicted octanol–water partition coefficient (Wildman–Crippen LogP) is 2.26. The van der Waals surface area contributed by atoms with E-state index in [9.17, 15) is 9.59 Å². The second-order valence-electron chi connectivity index (χ2n) is 5.79. The third kappa shape index (κ3) is 3.38. The maximum Gasteiger partial charge on any atom is 0.307 e. The Labute approximate surface area is 119 Å². The molecule has 1 aromatic rings. The molecule has 1 saturated carbocycles. The molecule has 4 heteroatoms. The Morgan fingerprint density at radius 2 is 1.90 bits per heavy atom. The summed E-state index contributed by atoms with van der Waals surface area (Å²) in [6.07, 6.45) is 0.471. The SMILES string of the molecule is CC(C)C(CNC(=O)C1CC1C(=O)O)c1ccccc1. The van der Waals surface area contributed by atoms with Crippen molar-refractivity contribution >= 4 is 11.9 Å². The zero-order valence-electron chi connectivity index (χ0n) is 11.9. The molecule has 1 aromatic carbocycles. The Morgan fingerprint density at radius 3 is 2.40 bits per heavy atom. The van der Waals surface area contributed by atoms with E-state index < -0.39 is 11.9 Å². The van der Waals surface area contributed by atoms with Gasteiger partial charge in [-0.05, 0) is 17.9 Å². The normalized spacial score (nSPS) is 22.4. The molecule has 1 amide bonds. The van der Waals surface area contributed by atoms with Crippen molar-refractivity contribution in [2.75, 3.05) is 6.54 Å². The van der Waals surface area contributed by atoms with Crippen LogP contribution >= 0.6 is 0 Å². The summed E-state index contributed by atoms with van der Waals surface area (Å²) in [5, 5.41) is 11.7. The summed E-state index contributed by atoms with van der Waals surface area (Å²) in [7, 11) is 0. The van der Waals surface area contributed by atoms with E-state index in [4.69, 9.17) is 5.11 Å². The number of benzene rings is 1. The molecule has 2 rings (SSSR count). The van der Waals surface area contributed by atoms with Crippen LogP contribution < -0.4 is 5.32 Å². The molecule has 1 aliphatic rings. The van der Waals surface area contributed by atoms with Gasteiger partial charge in [0.2, 0.25) is 5.91 Å². The average Bonchev–Trinajstić information content (AvgIpc) is 3.20. The number of carbonyl (C=O) groups is 2. The molecule has 1 fully saturated rings. The van der Waals surface area contributed by atoms with Crippen LogP contribution in [0.3, 0.4) is 0 Å². The molecule has 108 valence electrons. The Morgan fingerprint density at radius 1 is 1.25 bits per heavy atom. The van der Waals surface area contributed by atoms with Crippen molar-refractivity contribution in [3.63, 3.8) is 0 Å². The molecule has 0 heterocycles. The van der Waals surface area contributed by atoms with Gasteiger partial charge in [0.15, 0.2) is 0 Å². The first kappa shape index (κ1) is 14.6. The number of hydrogen-bond acceptors (Lipinski definition) is 2. The van der Waals surface area contributed by atoms with Crippen molar-refractivity contribution in [1.82, 2.24) is 5.32 Å². The lowest BCUT2D eigenvalue weighted by Gasteiger charge is -2.22. The molecule has 0 spiro atoms. The standard InChI is InChI=1S/C16H21NO3/c1-10(2)14(11-6-4-3-5-7-11)9-17-15(18)12-8-13(12)16(19)20/h3-7,10,12-14H,8-9H2,1-2H3,(H,17,18)(H,19,20). The fraction of sp³-hybridized carbons (Fsp3) is 0.500. The number of rotatable bonds is 6. The van der Waals surface area contributed by atoms with Crippen molar-refractivity contribution in [3.8, 4) is 0 Å². The lowest BCUT2D eigenvalue weighted by molar-refractivity contribution is -0.140. The van der Waals surface area contributed by atoms with Gasteiger partial charge in [-0.15, -0.1) is 0 Å². The quantitative estimate of drug-likeness (QED) is 0.837. The Balaban J connectivity index is 1.91. The van der Waals surface area contributed by atoms with Gasteiger partial charge in [-0.25, -0.2) is 0 Å². The first-order valence-corrected chi connectivity index (χ1v) is 7.06. The lowest BCUT2D eigenvalue weighted by Crippen LogP contribution is -2.32. The molecular formula is C16H21NO3. The van der Waals surface area contributed by atoms with Gasteiger partial charge in [0.1, 0.15) is 0 Å². The number of carboxylic acid groups (broad SMARTS) is 1. The maximum absolute atomic E-state index is 11.9. The van der Waals surface area contributed by atoms with Gasteiger partial charge in [-0.1, -0.05) is 44.2 Å². The minimum atomic E-state index is -0.867. The first-order valence-electron chi connectivity index (χ1n) is 7.06. The van der Waals surface area contributed by atoms with Crippen LogP contribution in [0.5, 0.6) is 0 Å². The Hall–Kier alpha value is -1.84. The Bertz CT molecular complexity index is 484. The summed E-state index contributed by atoms with van der Waals surface area (Å²) in [5.41, 5.74) is 1.20. The summed E-state index contributed by atoms with van der Waals surface area (Å²) < 4.78 is 0. The topological polar surface area (TPSA) is 66.4 Å². The summed E-state index contributed by atoms with van der Waals surface area (Å²) in [5.74, 6) is -1.15. The van der Waals surface area contributed by atoms with Gasteiger partial charge >= 0.3 is 5.97 Å². The van der Waals surface area contributed by atoms with Gasteiger partial charge in [0.05, 0.1) is 11.8 Å². The van der Waals surface area contributed by atoms with E-state index in [1.54, 1.807) is 0 Å². The third-order valence-electron chi connectivity index (χ3n) is 3.97. The molecule has 20 heavy (non-hydrogen) atoms. The lowest BCUT2D eigenvalue weighted by atomic mass is 9.88. The van der Waals surface area contributed by atoms with E-state index in [2.05, 4.69) is 31.3 Å². The Kier molecular flexibility index (Phi) is 4.42. The number of aliphatic carboxylic acids is 1. The van der Waals surface area contributed by atoms with Crippen molar-refractivity contribution in [2.24, 2.45) is 17.8 Å². The molecular weight excluding hydrogens is 254 g/mol. The number of carboxylic acids is 1. The van der Waals surface area contributed by atoms with E-state index in [1.165, 1.54) is 5.56 Å². The molecule has 2 N–H and O–H groups in total. The second kappa shape index (κ2) is 6.07. The van der Waals surface area contributed by atoms with Crippen LogP contribution in [0, 0.1) is 17.8 Å². The van der Waals surface area contributed by atoms with Crippen LogP contribution in [0.4, 0.5) is 0 Å². The van der Waals surface area contributed by atoms with Gasteiger partial charge in [-0.2, -0.15) is 0 Å². The van der Waals surface area contributed by atoms with Gasteiger partial charge in [-0.3, -0.25) is 9.59 Å². The van der Waals surface area contributed by atoms with Gasteiger partial charge in [0.25, 0.3) is 0 Å². The minimum absolute atomic E-state index is 0.126. The summed E-state index contributed by atoms with van der Waals surface area (Å²) in [6.45, 7) is 4.81. The van der Waals surface area contributed by atoms with Crippen LogP contribution in [0.25, 0.3) is 0 Å². The molecule has 3 atom stereocenters. The van der Waals surface area contributed by atoms with Crippen LogP contribution in [-0.4, -0.2) is 23.5 Å². The van der Waals surface area contributed by atoms with E-state index in [1.807, 2.05) is 18.2 Å². The molecule has 1 aliphatic carbocycles. The molecule has 0 radical (unpaired) electrons. The number of amides is 1. The number of carbonyl (C=O) groups excluding carboxylic acids is 1. The van der Waals surface area contributed by atoms with Crippen molar-refractivity contribution in [2.45, 2.75) is 26.2 Å². The first-order chi connectivity index (χ1) is 9.50. The third-order valence-corrected chi connectivity index (χ3v) is 3.97. The predicted molar refractivity (Wildman–Crippen MR) is 76.3 cm³/mol. The molecule has 4 nitrogen and oxygen atoms in total. The van der Waals surface area contributed by atoms with Gasteiger partial charge < -0.3 is 10.4 Å². The highest BCUT2D eigenvalue weighted by Crippen LogP contribution is 2.38. The molecule has 0 saturated heterocycles. The summed E-state index contributed by atoms with van der Waals surface area (Å²) in [6, 6.07) is 10.1. The summed E-state index contributed by atoms with van der Waals surface area (Å²) >= 11 is 0. The number of hydrogen-bond donors (Lipinski definition) is 2. The van der Waals surface area contributed by atoms with Gasteiger partial charge in [0, 0.05) is 12.5 Å². The fourth-order valence-electron chi connectivity index (χ4n) is 2.54. The van der Waals surface area contributed by atoms with Crippen LogP contribution in [0.1, 0.15) is 31.7 Å². The zero-order chi connectivity index (χ0) is 14.7. The smallest absolute Gasteiger partial charge is 0.307 e. The monoisotopic (exact) mass is 275 g/mol. The minimum Gasteiger partial charge on any atom is -0.481 e. The van der Waals surface area contributed by atoms with E-state index in [0.717, 1.165) is 0 Å². The van der Waals surface area contributed by atoms with Crippen molar-refractivity contribution in [3.05, 3.63) is 35.9 Å². The van der Waals surface area contributed by atoms with Crippen LogP contribution in [0.15, 0.2) is 30.3 Å². The maximum atomic E-state index is 11.9. The highest BCUT2D eigenvalue weighted by atomic mass is 16.4. The van der Waals surface area contributed by atoms with Crippen molar-refractivity contribution < 1.29 is 14.7 Å². The van der Waals surface area contributed by atoms with E-state index in [-0.39, 0.29) is 17.7 Å². The van der Waals surface area contributed by atoms with Crippen molar-refractivity contribution in [1.29, 1.82) is 0 Å². The highest BCUT2D eigenvalue weighted by Gasteiger charge is 2.48. The van der Waals surface area contributed by atoms with E-state index in [0.29, 0.717) is 18.9 Å². The highest BCUT2D eigenvalue weighted by molar-refractivity contribution is 5.89. The van der Waals surface area contributed by atoms with Crippen LogP contribution in [0.2, 0.25) is 0 Å². The molecule has 0 aromatic heterocycles. The molecule has 0 aliphatic heterocycles. The summed E-state index contributed by atoms with van der Waals surface area (Å²) in [4.78, 5) is 22.7. The fourth-order valence-corrected chi connectivity index (χ4v) is 2.54. The number of nitrogens with one attached hydrogen (secondary N) is 1. The zero-order valence-corrected chi connectivity index (χ0v) is 11.9. The second-order valence-corrected chi connectivity index (χ2v) is 5.79. The largest absolute Gasteiger partial charge is 0.481 e. The molecule has 3 unspecified atom stereocenters. The molecule has 0 bridgehead atoms.